The first-order valence-electron chi connectivity index (χ1n) is 5.56. The van der Waals surface area contributed by atoms with E-state index < -0.39 is 46.7 Å². The first kappa shape index (κ1) is 12.1. The number of carbonyl (C=O) groups excluding carboxylic acids is 2. The highest BCUT2D eigenvalue weighted by molar-refractivity contribution is 6.59. The SMILES string of the molecule is O=C1NC(=O)C(Cl)(Cl)[C@]23OC[C@H]4O[C@H]([C@@H](O2)[C@H]4O)N13. The maximum Gasteiger partial charge on any atom is 0.330 e. The average molecular weight is 311 g/mol. The van der Waals surface area contributed by atoms with Crippen LogP contribution in [0, 0.1) is 0 Å². The summed E-state index contributed by atoms with van der Waals surface area (Å²) in [6.45, 7) is -0.0909. The zero-order valence-corrected chi connectivity index (χ0v) is 10.7. The molecule has 1 spiro atoms. The lowest BCUT2D eigenvalue weighted by Gasteiger charge is -2.45. The quantitative estimate of drug-likeness (QED) is 0.550. The number of fused-ring (bicyclic) bond motifs is 1. The van der Waals surface area contributed by atoms with Gasteiger partial charge in [0, 0.05) is 0 Å². The summed E-state index contributed by atoms with van der Waals surface area (Å²) >= 11 is 12.0. The lowest BCUT2D eigenvalue weighted by atomic mass is 10.1. The van der Waals surface area contributed by atoms with Gasteiger partial charge in [-0.15, -0.1) is 0 Å². The van der Waals surface area contributed by atoms with Gasteiger partial charge in [0.1, 0.15) is 18.3 Å². The number of aliphatic hydroxyl groups excluding tert-OH is 1. The number of nitrogens with zero attached hydrogens (tertiary/aromatic N) is 1. The molecule has 8 nitrogen and oxygen atoms in total. The van der Waals surface area contributed by atoms with Crippen LogP contribution in [0.2, 0.25) is 0 Å². The van der Waals surface area contributed by atoms with Gasteiger partial charge in [0.05, 0.1) is 6.61 Å². The fourth-order valence-corrected chi connectivity index (χ4v) is 3.32. The molecule has 0 radical (unpaired) electrons. The number of halogens is 2. The molecule has 5 fully saturated rings. The van der Waals surface area contributed by atoms with Crippen LogP contribution in [0.4, 0.5) is 4.79 Å². The molecule has 0 aromatic rings. The monoisotopic (exact) mass is 310 g/mol. The van der Waals surface area contributed by atoms with E-state index in [9.17, 15) is 14.7 Å². The van der Waals surface area contributed by atoms with Crippen molar-refractivity contribution in [3.8, 4) is 0 Å². The molecule has 4 bridgehead atoms. The second-order valence-corrected chi connectivity index (χ2v) is 6.06. The molecule has 10 heteroatoms. The molecule has 5 saturated heterocycles. The summed E-state index contributed by atoms with van der Waals surface area (Å²) in [5.74, 6) is -2.91. The van der Waals surface area contributed by atoms with Crippen molar-refractivity contribution in [2.45, 2.75) is 34.8 Å². The fourth-order valence-electron chi connectivity index (χ4n) is 2.84. The number of urea groups is 1. The summed E-state index contributed by atoms with van der Waals surface area (Å²) in [4.78, 5) is 24.7. The van der Waals surface area contributed by atoms with Crippen LogP contribution >= 0.6 is 23.2 Å². The Morgan fingerprint density at radius 1 is 1.42 bits per heavy atom. The van der Waals surface area contributed by atoms with Crippen molar-refractivity contribution in [1.29, 1.82) is 0 Å². The van der Waals surface area contributed by atoms with Crippen molar-refractivity contribution < 1.29 is 28.9 Å². The molecule has 5 aliphatic rings. The van der Waals surface area contributed by atoms with Gasteiger partial charge in [-0.05, 0) is 0 Å². The van der Waals surface area contributed by atoms with Gasteiger partial charge in [0.15, 0.2) is 6.23 Å². The number of imide groups is 1. The van der Waals surface area contributed by atoms with Gasteiger partial charge < -0.3 is 19.3 Å². The molecule has 5 atom stereocenters. The van der Waals surface area contributed by atoms with Crippen molar-refractivity contribution in [2.24, 2.45) is 0 Å². The van der Waals surface area contributed by atoms with Crippen molar-refractivity contribution in [1.82, 2.24) is 10.2 Å². The molecule has 0 unspecified atom stereocenters. The molecule has 0 aliphatic carbocycles. The lowest BCUT2D eigenvalue weighted by Crippen LogP contribution is -2.73. The van der Waals surface area contributed by atoms with E-state index in [1.807, 2.05) is 5.32 Å². The van der Waals surface area contributed by atoms with Crippen molar-refractivity contribution in [3.05, 3.63) is 0 Å². The number of amides is 3. The Balaban J connectivity index is 1.91. The standard InChI is InChI=1S/C9H8Cl2N2O6/c10-8(11)6(15)12-7(16)13-5-4-3(14)2(18-5)1-17-9(8,13)19-4/h2-5,14H,1H2,(H,12,15,16)/t2-,3+,4+,5-,9+/m1/s1. The molecule has 104 valence electrons. The summed E-state index contributed by atoms with van der Waals surface area (Å²) in [7, 11) is 0. The maximum atomic E-state index is 12.0. The predicted octanol–water partition coefficient (Wildman–Crippen LogP) is -1.12. The largest absolute Gasteiger partial charge is 0.387 e. The highest BCUT2D eigenvalue weighted by Crippen LogP contribution is 2.54. The van der Waals surface area contributed by atoms with Gasteiger partial charge in [-0.25, -0.2) is 9.69 Å². The molecule has 0 aromatic carbocycles. The van der Waals surface area contributed by atoms with Crippen molar-refractivity contribution >= 4 is 35.1 Å². The topological polar surface area (TPSA) is 97.3 Å². The van der Waals surface area contributed by atoms with Crippen LogP contribution in [0.3, 0.4) is 0 Å². The number of rotatable bonds is 0. The van der Waals surface area contributed by atoms with E-state index in [1.54, 1.807) is 0 Å². The Hall–Kier alpha value is -0.640. The minimum Gasteiger partial charge on any atom is -0.387 e. The van der Waals surface area contributed by atoms with E-state index in [-0.39, 0.29) is 6.61 Å². The number of hydrogen-bond donors (Lipinski definition) is 2. The summed E-state index contributed by atoms with van der Waals surface area (Å²) in [6, 6.07) is -0.788. The third-order valence-corrected chi connectivity index (χ3v) is 4.57. The highest BCUT2D eigenvalue weighted by Gasteiger charge is 2.77. The van der Waals surface area contributed by atoms with E-state index in [1.165, 1.54) is 0 Å². The van der Waals surface area contributed by atoms with Crippen LogP contribution in [0.15, 0.2) is 0 Å². The molecule has 0 saturated carbocycles. The Bertz CT molecular complexity index is 501. The third kappa shape index (κ3) is 1.16. The van der Waals surface area contributed by atoms with Crippen LogP contribution in [-0.4, -0.2) is 63.3 Å². The van der Waals surface area contributed by atoms with Gasteiger partial charge >= 0.3 is 11.9 Å². The van der Waals surface area contributed by atoms with Crippen LogP contribution in [0.25, 0.3) is 0 Å². The van der Waals surface area contributed by atoms with Gasteiger partial charge in [0.2, 0.25) is 0 Å². The second kappa shape index (κ2) is 3.33. The van der Waals surface area contributed by atoms with Crippen LogP contribution in [0.5, 0.6) is 0 Å². The molecule has 5 rings (SSSR count). The summed E-state index contributed by atoms with van der Waals surface area (Å²) in [5.41, 5.74) is 0. The minimum atomic E-state index is -2.16. The Kier molecular flexibility index (Phi) is 2.12. The van der Waals surface area contributed by atoms with E-state index in [0.29, 0.717) is 0 Å². The van der Waals surface area contributed by atoms with Gasteiger partial charge in [-0.2, -0.15) is 0 Å². The van der Waals surface area contributed by atoms with E-state index >= 15 is 0 Å². The van der Waals surface area contributed by atoms with Crippen LogP contribution in [0.1, 0.15) is 0 Å². The molecule has 0 aromatic heterocycles. The Morgan fingerprint density at radius 3 is 2.89 bits per heavy atom. The van der Waals surface area contributed by atoms with Crippen molar-refractivity contribution in [3.63, 3.8) is 0 Å². The highest BCUT2D eigenvalue weighted by atomic mass is 35.5. The molecule has 19 heavy (non-hydrogen) atoms. The maximum absolute atomic E-state index is 12.0. The van der Waals surface area contributed by atoms with Gasteiger partial charge in [-0.1, -0.05) is 23.2 Å². The number of carbonyl (C=O) groups is 2. The number of nitrogens with one attached hydrogen (secondary N) is 1. The number of alkyl halides is 2. The van der Waals surface area contributed by atoms with Crippen LogP contribution in [-0.2, 0) is 19.0 Å². The molecular formula is C9H8Cl2N2O6. The third-order valence-electron chi connectivity index (χ3n) is 3.74. The normalized spacial score (nSPS) is 50.2. The van der Waals surface area contributed by atoms with E-state index in [2.05, 4.69) is 0 Å². The Morgan fingerprint density at radius 2 is 2.16 bits per heavy atom. The summed E-state index contributed by atoms with van der Waals surface area (Å²) in [6.07, 6.45) is -3.40. The summed E-state index contributed by atoms with van der Waals surface area (Å²) < 4.78 is 14.3. The lowest BCUT2D eigenvalue weighted by molar-refractivity contribution is -0.273. The Labute approximate surface area is 116 Å². The van der Waals surface area contributed by atoms with Gasteiger partial charge in [-0.3, -0.25) is 10.1 Å². The van der Waals surface area contributed by atoms with E-state index in [4.69, 9.17) is 37.4 Å². The molecule has 3 amide bonds. The first-order valence-corrected chi connectivity index (χ1v) is 6.32. The first-order chi connectivity index (χ1) is 8.88. The minimum absolute atomic E-state index is 0.0909. The summed E-state index contributed by atoms with van der Waals surface area (Å²) in [5, 5.41) is 12.0. The number of hydrogen-bond acceptors (Lipinski definition) is 6. The average Bonchev–Trinajstić information content (AvgIpc) is 2.65. The zero-order chi connectivity index (χ0) is 13.6. The van der Waals surface area contributed by atoms with Gasteiger partial charge in [0.25, 0.3) is 10.2 Å². The van der Waals surface area contributed by atoms with E-state index in [0.717, 1.165) is 4.90 Å². The van der Waals surface area contributed by atoms with Crippen LogP contribution < -0.4 is 5.32 Å². The molecule has 2 N–H and O–H groups in total. The molecule has 5 aliphatic heterocycles. The molecular weight excluding hydrogens is 303 g/mol. The fraction of sp³-hybridized carbons (Fsp3) is 0.778. The second-order valence-electron chi connectivity index (χ2n) is 4.73. The zero-order valence-electron chi connectivity index (χ0n) is 9.21. The van der Waals surface area contributed by atoms with Crippen molar-refractivity contribution in [2.75, 3.05) is 6.61 Å². The smallest absolute Gasteiger partial charge is 0.330 e. The predicted molar refractivity (Wildman–Crippen MR) is 58.0 cm³/mol. The number of aliphatic hydroxyl groups is 1. The molecule has 5 heterocycles. The number of ether oxygens (including phenoxy) is 3.